The maximum atomic E-state index is 12.3. The third-order valence-corrected chi connectivity index (χ3v) is 3.87. The Morgan fingerprint density at radius 2 is 1.61 bits per heavy atom. The Morgan fingerprint density at radius 3 is 2.17 bits per heavy atom. The number of hydrogen-bond donors (Lipinski definition) is 0. The summed E-state index contributed by atoms with van der Waals surface area (Å²) < 4.78 is 5.03. The molecule has 0 aliphatic rings. The van der Waals surface area contributed by atoms with E-state index in [0.29, 0.717) is 18.8 Å². The second kappa shape index (κ2) is 10.5. The SMILES string of the molecule is CCCCCCC(C)(CCCC)C(=O)CCOC. The minimum absolute atomic E-state index is 0.109. The maximum Gasteiger partial charge on any atom is 0.141 e. The molecule has 18 heavy (non-hydrogen) atoms. The minimum Gasteiger partial charge on any atom is -0.384 e. The predicted octanol–water partition coefficient (Wildman–Crippen LogP) is 4.76. The number of hydrogen-bond acceptors (Lipinski definition) is 2. The first-order valence-corrected chi connectivity index (χ1v) is 7.63. The van der Waals surface area contributed by atoms with Crippen LogP contribution in [-0.2, 0) is 9.53 Å². The number of carbonyl (C=O) groups is 1. The van der Waals surface area contributed by atoms with Gasteiger partial charge in [-0.3, -0.25) is 4.79 Å². The first-order chi connectivity index (χ1) is 8.60. The monoisotopic (exact) mass is 256 g/mol. The Balaban J connectivity index is 4.26. The van der Waals surface area contributed by atoms with Gasteiger partial charge < -0.3 is 4.74 Å². The summed E-state index contributed by atoms with van der Waals surface area (Å²) in [6, 6.07) is 0. The Kier molecular flexibility index (Phi) is 10.3. The predicted molar refractivity (Wildman–Crippen MR) is 77.9 cm³/mol. The van der Waals surface area contributed by atoms with Gasteiger partial charge in [-0.1, -0.05) is 59.3 Å². The molecule has 0 saturated heterocycles. The minimum atomic E-state index is -0.109. The van der Waals surface area contributed by atoms with Crippen LogP contribution in [0, 0.1) is 5.41 Å². The molecule has 2 heteroatoms. The molecule has 0 radical (unpaired) electrons. The summed E-state index contributed by atoms with van der Waals surface area (Å²) >= 11 is 0. The maximum absolute atomic E-state index is 12.3. The second-order valence-corrected chi connectivity index (χ2v) is 5.64. The third kappa shape index (κ3) is 7.15. The molecule has 0 N–H and O–H groups in total. The summed E-state index contributed by atoms with van der Waals surface area (Å²) in [6.07, 6.45) is 9.98. The number of carbonyl (C=O) groups excluding carboxylic acids is 1. The van der Waals surface area contributed by atoms with E-state index < -0.39 is 0 Å². The van der Waals surface area contributed by atoms with E-state index in [1.807, 2.05) is 0 Å². The third-order valence-electron chi connectivity index (χ3n) is 3.87. The molecule has 0 aliphatic carbocycles. The van der Waals surface area contributed by atoms with Crippen molar-refractivity contribution in [3.8, 4) is 0 Å². The van der Waals surface area contributed by atoms with Gasteiger partial charge >= 0.3 is 0 Å². The lowest BCUT2D eigenvalue weighted by Crippen LogP contribution is -2.29. The van der Waals surface area contributed by atoms with Crippen molar-refractivity contribution in [3.63, 3.8) is 0 Å². The van der Waals surface area contributed by atoms with Gasteiger partial charge in [0.05, 0.1) is 6.61 Å². The first kappa shape index (κ1) is 17.6. The van der Waals surface area contributed by atoms with Crippen molar-refractivity contribution >= 4 is 5.78 Å². The number of unbranched alkanes of at least 4 members (excludes halogenated alkanes) is 4. The molecule has 0 saturated carbocycles. The van der Waals surface area contributed by atoms with E-state index >= 15 is 0 Å². The van der Waals surface area contributed by atoms with Crippen LogP contribution in [0.5, 0.6) is 0 Å². The highest BCUT2D eigenvalue weighted by Gasteiger charge is 2.30. The van der Waals surface area contributed by atoms with Crippen LogP contribution in [0.3, 0.4) is 0 Å². The average Bonchev–Trinajstić information content (AvgIpc) is 2.38. The van der Waals surface area contributed by atoms with Crippen LogP contribution in [0.25, 0.3) is 0 Å². The zero-order chi connectivity index (χ0) is 13.9. The molecule has 1 unspecified atom stereocenters. The number of ether oxygens (including phenoxy) is 1. The van der Waals surface area contributed by atoms with Gasteiger partial charge in [0.15, 0.2) is 0 Å². The first-order valence-electron chi connectivity index (χ1n) is 7.63. The van der Waals surface area contributed by atoms with E-state index in [1.54, 1.807) is 7.11 Å². The summed E-state index contributed by atoms with van der Waals surface area (Å²) in [6.45, 7) is 7.14. The summed E-state index contributed by atoms with van der Waals surface area (Å²) in [5.74, 6) is 0.397. The summed E-state index contributed by atoms with van der Waals surface area (Å²) in [7, 11) is 1.66. The Hall–Kier alpha value is -0.370. The lowest BCUT2D eigenvalue weighted by molar-refractivity contribution is -0.129. The quantitative estimate of drug-likeness (QED) is 0.471. The lowest BCUT2D eigenvalue weighted by atomic mass is 9.75. The summed E-state index contributed by atoms with van der Waals surface area (Å²) in [5, 5.41) is 0. The lowest BCUT2D eigenvalue weighted by Gasteiger charge is -2.28. The smallest absolute Gasteiger partial charge is 0.141 e. The molecule has 0 aromatic carbocycles. The topological polar surface area (TPSA) is 26.3 Å². The van der Waals surface area contributed by atoms with Crippen LogP contribution in [0.4, 0.5) is 0 Å². The van der Waals surface area contributed by atoms with E-state index in [4.69, 9.17) is 4.74 Å². The zero-order valence-corrected chi connectivity index (χ0v) is 12.9. The number of methoxy groups -OCH3 is 1. The fourth-order valence-electron chi connectivity index (χ4n) is 2.41. The van der Waals surface area contributed by atoms with Crippen LogP contribution in [-0.4, -0.2) is 19.5 Å². The van der Waals surface area contributed by atoms with Gasteiger partial charge in [-0.05, 0) is 12.8 Å². The summed E-state index contributed by atoms with van der Waals surface area (Å²) in [4.78, 5) is 12.3. The zero-order valence-electron chi connectivity index (χ0n) is 12.9. The Morgan fingerprint density at radius 1 is 1.00 bits per heavy atom. The van der Waals surface area contributed by atoms with Crippen molar-refractivity contribution in [3.05, 3.63) is 0 Å². The molecule has 2 nitrogen and oxygen atoms in total. The molecular weight excluding hydrogens is 224 g/mol. The Bertz CT molecular complexity index is 213. The highest BCUT2D eigenvalue weighted by molar-refractivity contribution is 5.84. The van der Waals surface area contributed by atoms with E-state index in [9.17, 15) is 4.79 Å². The Labute approximate surface area is 113 Å². The molecule has 0 aliphatic heterocycles. The number of rotatable bonds is 12. The van der Waals surface area contributed by atoms with E-state index in [2.05, 4.69) is 20.8 Å². The molecule has 0 aromatic rings. The number of ketones is 1. The van der Waals surface area contributed by atoms with Gasteiger partial charge in [0.2, 0.25) is 0 Å². The fraction of sp³-hybridized carbons (Fsp3) is 0.938. The van der Waals surface area contributed by atoms with Crippen molar-refractivity contribution in [1.29, 1.82) is 0 Å². The van der Waals surface area contributed by atoms with Crippen molar-refractivity contribution in [2.24, 2.45) is 5.41 Å². The molecule has 0 heterocycles. The molecule has 0 amide bonds. The molecule has 0 aromatic heterocycles. The second-order valence-electron chi connectivity index (χ2n) is 5.64. The van der Waals surface area contributed by atoms with Crippen molar-refractivity contribution in [1.82, 2.24) is 0 Å². The molecule has 1 atom stereocenters. The summed E-state index contributed by atoms with van der Waals surface area (Å²) in [5.41, 5.74) is -0.109. The van der Waals surface area contributed by atoms with Gasteiger partial charge in [0.25, 0.3) is 0 Å². The average molecular weight is 256 g/mol. The molecule has 0 rings (SSSR count). The largest absolute Gasteiger partial charge is 0.384 e. The van der Waals surface area contributed by atoms with Crippen molar-refractivity contribution < 1.29 is 9.53 Å². The van der Waals surface area contributed by atoms with Crippen LogP contribution < -0.4 is 0 Å². The molecule has 0 bridgehead atoms. The van der Waals surface area contributed by atoms with Crippen LogP contribution in [0.15, 0.2) is 0 Å². The standard InChI is InChI=1S/C16H32O2/c1-5-7-9-10-13-16(3,12-8-6-2)15(17)11-14-18-4/h5-14H2,1-4H3. The van der Waals surface area contributed by atoms with Crippen LogP contribution in [0.2, 0.25) is 0 Å². The van der Waals surface area contributed by atoms with Crippen LogP contribution >= 0.6 is 0 Å². The van der Waals surface area contributed by atoms with E-state index in [0.717, 1.165) is 19.3 Å². The van der Waals surface area contributed by atoms with Gasteiger partial charge in [0, 0.05) is 18.9 Å². The molecule has 0 fully saturated rings. The highest BCUT2D eigenvalue weighted by Crippen LogP contribution is 2.33. The highest BCUT2D eigenvalue weighted by atomic mass is 16.5. The van der Waals surface area contributed by atoms with Gasteiger partial charge in [0.1, 0.15) is 5.78 Å². The van der Waals surface area contributed by atoms with Gasteiger partial charge in [-0.25, -0.2) is 0 Å². The number of Topliss-reactive ketones (excluding diaryl/α,β-unsaturated/α-hetero) is 1. The van der Waals surface area contributed by atoms with Crippen molar-refractivity contribution in [2.45, 2.75) is 78.6 Å². The molecule has 108 valence electrons. The van der Waals surface area contributed by atoms with Crippen LogP contribution in [0.1, 0.15) is 78.6 Å². The fourth-order valence-corrected chi connectivity index (χ4v) is 2.41. The van der Waals surface area contributed by atoms with Gasteiger partial charge in [-0.2, -0.15) is 0 Å². The van der Waals surface area contributed by atoms with Gasteiger partial charge in [-0.15, -0.1) is 0 Å². The molecule has 0 spiro atoms. The van der Waals surface area contributed by atoms with Crippen molar-refractivity contribution in [2.75, 3.05) is 13.7 Å². The normalized spacial score (nSPS) is 14.4. The van der Waals surface area contributed by atoms with E-state index in [1.165, 1.54) is 32.1 Å². The molecular formula is C16H32O2. The van der Waals surface area contributed by atoms with E-state index in [-0.39, 0.29) is 5.41 Å².